The maximum Gasteiger partial charge on any atom is 0.328 e. The number of methoxy groups -OCH3 is 1. The molecule has 2 heterocycles. The Labute approximate surface area is 285 Å². The molecule has 264 valence electrons. The van der Waals surface area contributed by atoms with Crippen molar-refractivity contribution in [2.75, 3.05) is 25.6 Å². The molecule has 3 aromatic rings. The highest BCUT2D eigenvalue weighted by atomic mass is 32.2. The number of ether oxygens (including phenoxy) is 3. The number of unbranched alkanes of at least 4 members (excludes halogenated alkanes) is 3. The molecule has 1 fully saturated rings. The van der Waals surface area contributed by atoms with Crippen LogP contribution in [0.15, 0.2) is 66.0 Å². The molecule has 49 heavy (non-hydrogen) atoms. The van der Waals surface area contributed by atoms with Gasteiger partial charge in [0.05, 0.1) is 38.6 Å². The van der Waals surface area contributed by atoms with Gasteiger partial charge < -0.3 is 29.0 Å². The number of nitrogens with one attached hydrogen (secondary N) is 1. The zero-order valence-electron chi connectivity index (χ0n) is 27.7. The van der Waals surface area contributed by atoms with Crippen LogP contribution in [-0.2, 0) is 40.4 Å². The molecule has 0 aliphatic carbocycles. The normalized spacial score (nSPS) is 16.5. The van der Waals surface area contributed by atoms with E-state index in [2.05, 4.69) is 17.2 Å². The van der Waals surface area contributed by atoms with Gasteiger partial charge in [0, 0.05) is 12.6 Å². The highest BCUT2D eigenvalue weighted by molar-refractivity contribution is 7.86. The minimum Gasteiger partial charge on any atom is -0.488 e. The summed E-state index contributed by atoms with van der Waals surface area (Å²) in [5.74, 6) is -1.51. The second kappa shape index (κ2) is 17.1. The van der Waals surface area contributed by atoms with Crippen molar-refractivity contribution in [2.24, 2.45) is 0 Å². The fourth-order valence-corrected chi connectivity index (χ4v) is 6.42. The van der Waals surface area contributed by atoms with Gasteiger partial charge in [0.25, 0.3) is 16.0 Å². The molecule has 0 spiro atoms. The Morgan fingerprint density at radius 2 is 1.78 bits per heavy atom. The summed E-state index contributed by atoms with van der Waals surface area (Å²) in [6.07, 6.45) is 6.63. The number of carbonyl (C=O) groups excluding carboxylic acids is 4. The summed E-state index contributed by atoms with van der Waals surface area (Å²) in [6.45, 7) is 4.23. The van der Waals surface area contributed by atoms with Crippen molar-refractivity contribution >= 4 is 39.7 Å². The number of anilines is 1. The Bertz CT molecular complexity index is 1720. The Morgan fingerprint density at radius 1 is 1.04 bits per heavy atom. The van der Waals surface area contributed by atoms with Crippen LogP contribution in [0.4, 0.5) is 5.82 Å². The fraction of sp³-hybridized carbons (Fsp3) is 0.441. The third-order valence-electron chi connectivity index (χ3n) is 8.13. The van der Waals surface area contributed by atoms with Crippen LogP contribution in [0.1, 0.15) is 74.3 Å². The molecule has 0 unspecified atom stereocenters. The number of rotatable bonds is 16. The summed E-state index contributed by atoms with van der Waals surface area (Å²) in [6, 6.07) is 10.5. The summed E-state index contributed by atoms with van der Waals surface area (Å²) in [5.41, 5.74) is 0.482. The van der Waals surface area contributed by atoms with Gasteiger partial charge in [0.2, 0.25) is 5.91 Å². The molecule has 0 radical (unpaired) electrons. The van der Waals surface area contributed by atoms with Crippen LogP contribution >= 0.6 is 0 Å². The molecular formula is C34H42N4O10S. The third-order valence-corrected chi connectivity index (χ3v) is 9.04. The molecule has 4 rings (SSSR count). The smallest absolute Gasteiger partial charge is 0.328 e. The van der Waals surface area contributed by atoms with Crippen LogP contribution in [-0.4, -0.2) is 83.6 Å². The SMILES string of the molecule is CCCCCC[C@H](C(=O)N1C[C@@H](Oc2ccc(CC(=O)OCC)cc2)C[C@H]1C(=O)OC)n1cnc(NC(=O)c2ccccc2S(=O)(=O)O)c1. The van der Waals surface area contributed by atoms with E-state index in [-0.39, 0.29) is 42.6 Å². The molecule has 0 saturated carbocycles. The van der Waals surface area contributed by atoms with Gasteiger partial charge in [-0.25, -0.2) is 9.78 Å². The van der Waals surface area contributed by atoms with E-state index in [1.807, 2.05) is 0 Å². The number of likely N-dealkylation sites (tertiary alicyclic amines) is 1. The number of amides is 2. The number of esters is 2. The second-order valence-electron chi connectivity index (χ2n) is 11.6. The zero-order chi connectivity index (χ0) is 35.6. The topological polar surface area (TPSA) is 183 Å². The van der Waals surface area contributed by atoms with Crippen molar-refractivity contribution < 1.29 is 46.4 Å². The van der Waals surface area contributed by atoms with Gasteiger partial charge in [-0.05, 0) is 43.2 Å². The first-order valence-corrected chi connectivity index (χ1v) is 17.6. The Kier molecular flexibility index (Phi) is 12.9. The molecule has 1 aliphatic rings. The summed E-state index contributed by atoms with van der Waals surface area (Å²) < 4.78 is 50.9. The molecule has 3 atom stereocenters. The first kappa shape index (κ1) is 37.1. The quantitative estimate of drug-likeness (QED) is 0.124. The van der Waals surface area contributed by atoms with E-state index >= 15 is 0 Å². The van der Waals surface area contributed by atoms with Gasteiger partial charge in [-0.2, -0.15) is 8.42 Å². The first-order chi connectivity index (χ1) is 23.4. The van der Waals surface area contributed by atoms with Gasteiger partial charge in [-0.1, -0.05) is 56.9 Å². The summed E-state index contributed by atoms with van der Waals surface area (Å²) >= 11 is 0. The average Bonchev–Trinajstić information content (AvgIpc) is 3.72. The lowest BCUT2D eigenvalue weighted by atomic mass is 10.1. The monoisotopic (exact) mass is 698 g/mol. The predicted octanol–water partition coefficient (Wildman–Crippen LogP) is 4.22. The van der Waals surface area contributed by atoms with Crippen LogP contribution in [0.25, 0.3) is 0 Å². The molecular weight excluding hydrogens is 656 g/mol. The van der Waals surface area contributed by atoms with E-state index in [0.29, 0.717) is 25.2 Å². The van der Waals surface area contributed by atoms with Crippen LogP contribution in [0.5, 0.6) is 5.75 Å². The van der Waals surface area contributed by atoms with Crippen molar-refractivity contribution in [2.45, 2.75) is 81.9 Å². The summed E-state index contributed by atoms with van der Waals surface area (Å²) in [7, 11) is -3.41. The van der Waals surface area contributed by atoms with Crippen LogP contribution in [0.3, 0.4) is 0 Å². The Morgan fingerprint density at radius 3 is 2.45 bits per heavy atom. The Hall–Kier alpha value is -4.76. The van der Waals surface area contributed by atoms with Gasteiger partial charge in [0.1, 0.15) is 28.8 Å². The number of benzene rings is 2. The number of imidazole rings is 1. The lowest BCUT2D eigenvalue weighted by molar-refractivity contribution is -0.152. The molecule has 2 N–H and O–H groups in total. The minimum absolute atomic E-state index is 0.0556. The minimum atomic E-state index is -4.66. The van der Waals surface area contributed by atoms with E-state index in [4.69, 9.17) is 14.2 Å². The highest BCUT2D eigenvalue weighted by Gasteiger charge is 2.43. The lowest BCUT2D eigenvalue weighted by Crippen LogP contribution is -2.44. The Balaban J connectivity index is 1.53. The molecule has 1 saturated heterocycles. The lowest BCUT2D eigenvalue weighted by Gasteiger charge is -2.28. The van der Waals surface area contributed by atoms with E-state index in [9.17, 15) is 32.1 Å². The molecule has 1 aliphatic heterocycles. The number of nitrogens with zero attached hydrogens (tertiary/aromatic N) is 3. The molecule has 2 amide bonds. The zero-order valence-corrected chi connectivity index (χ0v) is 28.6. The average molecular weight is 699 g/mol. The van der Waals surface area contributed by atoms with Crippen LogP contribution in [0.2, 0.25) is 0 Å². The molecule has 1 aromatic heterocycles. The second-order valence-corrected chi connectivity index (χ2v) is 13.0. The van der Waals surface area contributed by atoms with Crippen molar-refractivity contribution in [3.05, 3.63) is 72.2 Å². The van der Waals surface area contributed by atoms with Crippen LogP contribution in [0, 0.1) is 0 Å². The highest BCUT2D eigenvalue weighted by Crippen LogP contribution is 2.30. The van der Waals surface area contributed by atoms with Crippen molar-refractivity contribution in [1.29, 1.82) is 0 Å². The molecule has 2 aromatic carbocycles. The van der Waals surface area contributed by atoms with Crippen molar-refractivity contribution in [1.82, 2.24) is 14.5 Å². The van der Waals surface area contributed by atoms with E-state index in [0.717, 1.165) is 30.9 Å². The van der Waals surface area contributed by atoms with Crippen molar-refractivity contribution in [3.8, 4) is 5.75 Å². The molecule has 15 heteroatoms. The largest absolute Gasteiger partial charge is 0.488 e. The van der Waals surface area contributed by atoms with E-state index in [1.54, 1.807) is 35.8 Å². The van der Waals surface area contributed by atoms with Crippen LogP contribution < -0.4 is 10.1 Å². The van der Waals surface area contributed by atoms with Crippen molar-refractivity contribution in [3.63, 3.8) is 0 Å². The summed E-state index contributed by atoms with van der Waals surface area (Å²) in [4.78, 5) is 57.1. The van der Waals surface area contributed by atoms with Gasteiger partial charge in [-0.3, -0.25) is 18.9 Å². The molecule has 14 nitrogen and oxygen atoms in total. The number of hydrogen-bond acceptors (Lipinski definition) is 10. The van der Waals surface area contributed by atoms with E-state index in [1.165, 1.54) is 42.7 Å². The third kappa shape index (κ3) is 9.89. The van der Waals surface area contributed by atoms with Gasteiger partial charge in [-0.15, -0.1) is 0 Å². The summed E-state index contributed by atoms with van der Waals surface area (Å²) in [5, 5.41) is 2.53. The van der Waals surface area contributed by atoms with Gasteiger partial charge in [0.15, 0.2) is 5.82 Å². The first-order valence-electron chi connectivity index (χ1n) is 16.2. The number of aromatic nitrogens is 2. The van der Waals surface area contributed by atoms with Gasteiger partial charge >= 0.3 is 11.9 Å². The number of hydrogen-bond donors (Lipinski definition) is 2. The maximum absolute atomic E-state index is 14.2. The predicted molar refractivity (Wildman–Crippen MR) is 178 cm³/mol. The molecule has 0 bridgehead atoms. The maximum atomic E-state index is 14.2. The standard InChI is InChI=1S/C34H42N4O10S/c1-4-6-7-8-12-27(37-21-30(35-22-37)36-32(40)26-11-9-10-13-29(26)49(43,44)45)33(41)38-20-25(19-28(38)34(42)46-3)48-24-16-14-23(15-17-24)18-31(39)47-5-2/h9-11,13-17,21-22,25,27-28H,4-8,12,18-20H2,1-3H3,(H,36,40)(H,43,44,45)/t25-,27+,28-/m0/s1. The number of carbonyl (C=O) groups is 4. The van der Waals surface area contributed by atoms with E-state index < -0.39 is 45.1 Å². The fourth-order valence-electron chi connectivity index (χ4n) is 5.73.